The Balaban J connectivity index is 1.62. The SMILES string of the molecule is C1CCN(c2nc(N3CCNCC3)[nH]c2N2CCCC2)CC1. The number of nitrogens with one attached hydrogen (secondary N) is 2. The highest BCUT2D eigenvalue weighted by Crippen LogP contribution is 2.33. The number of aromatic nitrogens is 2. The van der Waals surface area contributed by atoms with Crippen molar-refractivity contribution in [1.29, 1.82) is 0 Å². The fourth-order valence-electron chi connectivity index (χ4n) is 3.86. The largest absolute Gasteiger partial charge is 0.355 e. The Labute approximate surface area is 132 Å². The third-order valence-corrected chi connectivity index (χ3v) is 5.15. The maximum atomic E-state index is 5.03. The van der Waals surface area contributed by atoms with E-state index in [1.807, 2.05) is 0 Å². The molecule has 0 aliphatic carbocycles. The van der Waals surface area contributed by atoms with Gasteiger partial charge in [0.05, 0.1) is 0 Å². The van der Waals surface area contributed by atoms with Gasteiger partial charge in [-0.05, 0) is 32.1 Å². The first-order chi connectivity index (χ1) is 10.9. The lowest BCUT2D eigenvalue weighted by Crippen LogP contribution is -2.44. The first-order valence-electron chi connectivity index (χ1n) is 8.97. The van der Waals surface area contributed by atoms with Gasteiger partial charge in [0, 0.05) is 52.4 Å². The molecule has 0 bridgehead atoms. The summed E-state index contributed by atoms with van der Waals surface area (Å²) in [6.07, 6.45) is 6.58. The minimum atomic E-state index is 1.05. The molecule has 122 valence electrons. The van der Waals surface area contributed by atoms with Gasteiger partial charge in [0.15, 0.2) is 11.6 Å². The molecule has 3 fully saturated rings. The minimum absolute atomic E-state index is 1.05. The number of H-pyrrole nitrogens is 1. The summed E-state index contributed by atoms with van der Waals surface area (Å²) >= 11 is 0. The molecule has 1 aromatic heterocycles. The summed E-state index contributed by atoms with van der Waals surface area (Å²) in [5.74, 6) is 3.55. The number of rotatable bonds is 3. The molecule has 3 aliphatic rings. The van der Waals surface area contributed by atoms with Crippen LogP contribution in [0.15, 0.2) is 0 Å². The molecule has 0 spiro atoms. The van der Waals surface area contributed by atoms with Crippen LogP contribution in [-0.2, 0) is 0 Å². The molecule has 0 radical (unpaired) electrons. The zero-order chi connectivity index (χ0) is 14.8. The molecule has 0 saturated carbocycles. The first-order valence-corrected chi connectivity index (χ1v) is 8.97. The van der Waals surface area contributed by atoms with Crippen LogP contribution in [0.5, 0.6) is 0 Å². The summed E-state index contributed by atoms with van der Waals surface area (Å²) in [7, 11) is 0. The van der Waals surface area contributed by atoms with E-state index < -0.39 is 0 Å². The summed E-state index contributed by atoms with van der Waals surface area (Å²) in [6, 6.07) is 0. The lowest BCUT2D eigenvalue weighted by Gasteiger charge is -2.29. The first kappa shape index (κ1) is 14.2. The summed E-state index contributed by atoms with van der Waals surface area (Å²) < 4.78 is 0. The van der Waals surface area contributed by atoms with Gasteiger partial charge >= 0.3 is 0 Å². The minimum Gasteiger partial charge on any atom is -0.355 e. The van der Waals surface area contributed by atoms with Gasteiger partial charge in [-0.25, -0.2) is 0 Å². The Morgan fingerprint density at radius 2 is 1.32 bits per heavy atom. The molecule has 6 heteroatoms. The predicted molar refractivity (Wildman–Crippen MR) is 91.2 cm³/mol. The van der Waals surface area contributed by atoms with Crippen LogP contribution in [0.2, 0.25) is 0 Å². The molecule has 22 heavy (non-hydrogen) atoms. The Kier molecular flexibility index (Phi) is 4.10. The molecule has 3 saturated heterocycles. The fraction of sp³-hybridized carbons (Fsp3) is 0.812. The standard InChI is InChI=1S/C16H28N6/c1-2-8-20(9-3-1)14-15(21-10-4-5-11-21)19-16(18-14)22-12-6-17-7-13-22/h17H,1-13H2,(H,18,19). The van der Waals surface area contributed by atoms with Crippen LogP contribution < -0.4 is 20.0 Å². The molecule has 0 atom stereocenters. The van der Waals surface area contributed by atoms with Gasteiger partial charge in [0.1, 0.15) is 0 Å². The number of piperidine rings is 1. The van der Waals surface area contributed by atoms with Crippen molar-refractivity contribution in [2.75, 3.05) is 67.1 Å². The average molecular weight is 304 g/mol. The zero-order valence-electron chi connectivity index (χ0n) is 13.5. The van der Waals surface area contributed by atoms with Crippen molar-refractivity contribution in [1.82, 2.24) is 15.3 Å². The predicted octanol–water partition coefficient (Wildman–Crippen LogP) is 1.41. The monoisotopic (exact) mass is 304 g/mol. The smallest absolute Gasteiger partial charge is 0.206 e. The van der Waals surface area contributed by atoms with Crippen molar-refractivity contribution >= 4 is 17.6 Å². The van der Waals surface area contributed by atoms with Crippen molar-refractivity contribution in [3.05, 3.63) is 0 Å². The van der Waals surface area contributed by atoms with Gasteiger partial charge in [-0.15, -0.1) is 0 Å². The van der Waals surface area contributed by atoms with E-state index in [-0.39, 0.29) is 0 Å². The van der Waals surface area contributed by atoms with Gasteiger partial charge in [-0.1, -0.05) is 0 Å². The maximum absolute atomic E-state index is 5.03. The van der Waals surface area contributed by atoms with E-state index in [4.69, 9.17) is 4.98 Å². The van der Waals surface area contributed by atoms with E-state index in [0.717, 1.165) is 45.2 Å². The van der Waals surface area contributed by atoms with Crippen LogP contribution in [0.3, 0.4) is 0 Å². The van der Waals surface area contributed by atoms with Crippen LogP contribution in [0.25, 0.3) is 0 Å². The Hall–Kier alpha value is -1.43. The van der Waals surface area contributed by atoms with Crippen molar-refractivity contribution < 1.29 is 0 Å². The summed E-state index contributed by atoms with van der Waals surface area (Å²) in [6.45, 7) is 8.86. The fourth-order valence-corrected chi connectivity index (χ4v) is 3.86. The maximum Gasteiger partial charge on any atom is 0.206 e. The highest BCUT2D eigenvalue weighted by molar-refractivity contribution is 5.67. The Bertz CT molecular complexity index is 481. The lowest BCUT2D eigenvalue weighted by molar-refractivity contribution is 0.571. The number of anilines is 3. The second-order valence-electron chi connectivity index (χ2n) is 6.71. The summed E-state index contributed by atoms with van der Waals surface area (Å²) in [4.78, 5) is 16.1. The van der Waals surface area contributed by atoms with Crippen molar-refractivity contribution in [2.45, 2.75) is 32.1 Å². The number of imidazole rings is 1. The van der Waals surface area contributed by atoms with Crippen LogP contribution in [0.1, 0.15) is 32.1 Å². The van der Waals surface area contributed by atoms with Crippen LogP contribution in [0, 0.1) is 0 Å². The van der Waals surface area contributed by atoms with Crippen LogP contribution in [0.4, 0.5) is 17.6 Å². The van der Waals surface area contributed by atoms with Gasteiger partial charge in [-0.2, -0.15) is 4.98 Å². The topological polar surface area (TPSA) is 50.4 Å². The van der Waals surface area contributed by atoms with Crippen LogP contribution in [-0.4, -0.2) is 62.3 Å². The number of aromatic amines is 1. The van der Waals surface area contributed by atoms with E-state index in [1.165, 1.54) is 56.8 Å². The molecule has 4 rings (SSSR count). The molecule has 2 N–H and O–H groups in total. The van der Waals surface area contributed by atoms with E-state index in [0.29, 0.717) is 0 Å². The van der Waals surface area contributed by atoms with Gasteiger partial charge in [0.25, 0.3) is 0 Å². The molecule has 0 amide bonds. The van der Waals surface area contributed by atoms with E-state index in [9.17, 15) is 0 Å². The second-order valence-corrected chi connectivity index (χ2v) is 6.71. The Morgan fingerprint density at radius 3 is 2.05 bits per heavy atom. The number of hydrogen-bond acceptors (Lipinski definition) is 5. The molecule has 3 aliphatic heterocycles. The number of hydrogen-bond donors (Lipinski definition) is 2. The molecule has 1 aromatic rings. The average Bonchev–Trinajstić information content (AvgIpc) is 3.26. The number of piperazine rings is 1. The third kappa shape index (κ3) is 2.76. The summed E-state index contributed by atoms with van der Waals surface area (Å²) in [5.41, 5.74) is 0. The highest BCUT2D eigenvalue weighted by Gasteiger charge is 2.26. The van der Waals surface area contributed by atoms with Crippen molar-refractivity contribution in [3.8, 4) is 0 Å². The van der Waals surface area contributed by atoms with Gasteiger partial charge < -0.3 is 25.0 Å². The van der Waals surface area contributed by atoms with Crippen molar-refractivity contribution in [3.63, 3.8) is 0 Å². The quantitative estimate of drug-likeness (QED) is 0.884. The van der Waals surface area contributed by atoms with E-state index in [2.05, 4.69) is 25.0 Å². The van der Waals surface area contributed by atoms with Gasteiger partial charge in [-0.3, -0.25) is 0 Å². The highest BCUT2D eigenvalue weighted by atomic mass is 15.4. The molecule has 0 aromatic carbocycles. The normalized spacial score (nSPS) is 23.4. The zero-order valence-corrected chi connectivity index (χ0v) is 13.5. The van der Waals surface area contributed by atoms with Crippen molar-refractivity contribution in [2.24, 2.45) is 0 Å². The molecular weight excluding hydrogens is 276 g/mol. The molecule has 0 unspecified atom stereocenters. The summed E-state index contributed by atoms with van der Waals surface area (Å²) in [5, 5.41) is 3.42. The third-order valence-electron chi connectivity index (χ3n) is 5.15. The second kappa shape index (κ2) is 6.36. The molecular formula is C16H28N6. The van der Waals surface area contributed by atoms with E-state index >= 15 is 0 Å². The van der Waals surface area contributed by atoms with Crippen LogP contribution >= 0.6 is 0 Å². The lowest BCUT2D eigenvalue weighted by atomic mass is 10.1. The molecule has 6 nitrogen and oxygen atoms in total. The molecule has 4 heterocycles. The number of nitrogens with zero attached hydrogens (tertiary/aromatic N) is 4. The van der Waals surface area contributed by atoms with Gasteiger partial charge in [0.2, 0.25) is 5.95 Å². The Morgan fingerprint density at radius 1 is 0.682 bits per heavy atom. The van der Waals surface area contributed by atoms with E-state index in [1.54, 1.807) is 0 Å².